The summed E-state index contributed by atoms with van der Waals surface area (Å²) < 4.78 is 24.8. The lowest BCUT2D eigenvalue weighted by Gasteiger charge is -2.02. The second kappa shape index (κ2) is 3.83. The summed E-state index contributed by atoms with van der Waals surface area (Å²) in [7, 11) is 0. The molecule has 0 aliphatic carbocycles. The van der Waals surface area contributed by atoms with E-state index in [1.54, 1.807) is 0 Å². The third-order valence-corrected chi connectivity index (χ3v) is 1.57. The Morgan fingerprint density at radius 1 is 1.67 bits per heavy atom. The number of nitro groups is 1. The van der Waals surface area contributed by atoms with Crippen LogP contribution in [0.15, 0.2) is 6.07 Å². The molecule has 6 nitrogen and oxygen atoms in total. The molecular weight excluding hydrogens is 210 g/mol. The predicted octanol–water partition coefficient (Wildman–Crippen LogP) is 1.38. The van der Waals surface area contributed by atoms with Crippen LogP contribution in [-0.4, -0.2) is 9.91 Å². The van der Waals surface area contributed by atoms with Crippen LogP contribution in [0.4, 0.5) is 20.4 Å². The number of nitrogen functional groups attached to an aromatic ring is 1. The molecule has 0 amide bonds. The number of rotatable bonds is 2. The molecule has 0 aliphatic heterocycles. The lowest BCUT2D eigenvalue weighted by Crippen LogP contribution is -2.04. The van der Waals surface area contributed by atoms with Gasteiger partial charge in [-0.25, -0.2) is 8.78 Å². The zero-order valence-corrected chi connectivity index (χ0v) is 7.15. The summed E-state index contributed by atoms with van der Waals surface area (Å²) in [6.45, 7) is 0. The van der Waals surface area contributed by atoms with E-state index in [0.717, 1.165) is 6.07 Å². The molecule has 0 atom stereocenters. The summed E-state index contributed by atoms with van der Waals surface area (Å²) in [5.41, 5.74) is 3.56. The molecule has 0 spiro atoms. The average molecular weight is 214 g/mol. The molecule has 0 fully saturated rings. The minimum absolute atomic E-state index is 0.420. The molecule has 0 radical (unpaired) electrons. The second-order valence-corrected chi connectivity index (χ2v) is 2.50. The molecule has 0 unspecified atom stereocenters. The molecule has 1 aromatic rings. The number of anilines is 1. The fraction of sp³-hybridized carbons (Fsp3) is 0.143. The number of aromatic nitrogens is 1. The zero-order chi connectivity index (χ0) is 11.6. The van der Waals surface area contributed by atoms with Gasteiger partial charge in [-0.2, -0.15) is 5.26 Å². The normalized spacial score (nSPS) is 10.0. The molecule has 0 bridgehead atoms. The Labute approximate surface area is 82.1 Å². The summed E-state index contributed by atoms with van der Waals surface area (Å²) in [5, 5.41) is 18.9. The number of halogens is 2. The number of hydrogen-bond donors (Lipinski definition) is 1. The number of nitrogens with two attached hydrogens (primary N) is 1. The first kappa shape index (κ1) is 10.8. The van der Waals surface area contributed by atoms with Gasteiger partial charge in [0.15, 0.2) is 5.56 Å². The van der Waals surface area contributed by atoms with Crippen LogP contribution in [0.2, 0.25) is 0 Å². The second-order valence-electron chi connectivity index (χ2n) is 2.50. The van der Waals surface area contributed by atoms with Gasteiger partial charge in [0.25, 0.3) is 6.43 Å². The van der Waals surface area contributed by atoms with Gasteiger partial charge in [-0.1, -0.05) is 0 Å². The van der Waals surface area contributed by atoms with Crippen molar-refractivity contribution in [1.82, 2.24) is 4.98 Å². The highest BCUT2D eigenvalue weighted by atomic mass is 19.3. The Morgan fingerprint density at radius 2 is 2.27 bits per heavy atom. The molecule has 2 N–H and O–H groups in total. The summed E-state index contributed by atoms with van der Waals surface area (Å²) in [6.07, 6.45) is -3.01. The monoisotopic (exact) mass is 214 g/mol. The van der Waals surface area contributed by atoms with E-state index in [1.165, 1.54) is 6.07 Å². The van der Waals surface area contributed by atoms with E-state index in [0.29, 0.717) is 0 Å². The lowest BCUT2D eigenvalue weighted by atomic mass is 10.1. The molecule has 1 rings (SSSR count). The molecule has 0 saturated carbocycles. The Balaban J connectivity index is 3.54. The van der Waals surface area contributed by atoms with E-state index in [4.69, 9.17) is 11.0 Å². The zero-order valence-electron chi connectivity index (χ0n) is 7.15. The summed E-state index contributed by atoms with van der Waals surface area (Å²) >= 11 is 0. The van der Waals surface area contributed by atoms with Crippen LogP contribution >= 0.6 is 0 Å². The molecule has 0 aliphatic rings. The number of pyridine rings is 1. The Bertz CT molecular complexity index is 455. The number of nitriles is 1. The first-order valence-electron chi connectivity index (χ1n) is 3.60. The van der Waals surface area contributed by atoms with Crippen LogP contribution < -0.4 is 5.73 Å². The largest absolute Gasteiger partial charge is 0.384 e. The fourth-order valence-corrected chi connectivity index (χ4v) is 0.990. The molecule has 0 aromatic carbocycles. The van der Waals surface area contributed by atoms with E-state index < -0.39 is 34.1 Å². The Kier molecular flexibility index (Phi) is 2.75. The highest BCUT2D eigenvalue weighted by Crippen LogP contribution is 2.29. The Morgan fingerprint density at radius 3 is 2.67 bits per heavy atom. The van der Waals surface area contributed by atoms with Crippen molar-refractivity contribution >= 4 is 11.6 Å². The molecule has 1 heterocycles. The smallest absolute Gasteiger partial charge is 0.363 e. The summed E-state index contributed by atoms with van der Waals surface area (Å²) in [6, 6.07) is 2.06. The van der Waals surface area contributed by atoms with Crippen molar-refractivity contribution in [2.24, 2.45) is 0 Å². The number of hydrogen-bond acceptors (Lipinski definition) is 5. The number of alkyl halides is 2. The van der Waals surface area contributed by atoms with Gasteiger partial charge in [-0.15, -0.1) is 0 Å². The van der Waals surface area contributed by atoms with Gasteiger partial charge < -0.3 is 15.8 Å². The first-order chi connectivity index (χ1) is 6.97. The minimum Gasteiger partial charge on any atom is -0.363 e. The van der Waals surface area contributed by atoms with Gasteiger partial charge >= 0.3 is 5.82 Å². The van der Waals surface area contributed by atoms with Crippen LogP contribution in [0.3, 0.4) is 0 Å². The SMILES string of the molecule is N#Cc1c(C(F)F)cc(N)nc1[N+](=O)[O-]. The van der Waals surface area contributed by atoms with Crippen LogP contribution in [-0.2, 0) is 0 Å². The van der Waals surface area contributed by atoms with E-state index in [9.17, 15) is 18.9 Å². The van der Waals surface area contributed by atoms with Gasteiger partial charge in [-0.05, 0) is 9.91 Å². The third-order valence-electron chi connectivity index (χ3n) is 1.57. The number of nitrogens with zero attached hydrogens (tertiary/aromatic N) is 3. The fourth-order valence-electron chi connectivity index (χ4n) is 0.990. The molecule has 15 heavy (non-hydrogen) atoms. The van der Waals surface area contributed by atoms with Crippen molar-refractivity contribution in [3.8, 4) is 6.07 Å². The lowest BCUT2D eigenvalue weighted by molar-refractivity contribution is -0.389. The van der Waals surface area contributed by atoms with Crippen molar-refractivity contribution in [2.45, 2.75) is 6.43 Å². The van der Waals surface area contributed by atoms with Crippen molar-refractivity contribution < 1.29 is 13.7 Å². The van der Waals surface area contributed by atoms with E-state index >= 15 is 0 Å². The maximum Gasteiger partial charge on any atom is 0.384 e. The van der Waals surface area contributed by atoms with Crippen LogP contribution in [0.5, 0.6) is 0 Å². The van der Waals surface area contributed by atoms with Crippen LogP contribution in [0, 0.1) is 21.4 Å². The Hall–Kier alpha value is -2.30. The molecule has 1 aromatic heterocycles. The minimum atomic E-state index is -3.01. The van der Waals surface area contributed by atoms with Crippen molar-refractivity contribution in [3.05, 3.63) is 27.3 Å². The average Bonchev–Trinajstić information content (AvgIpc) is 2.16. The molecule has 78 valence electrons. The predicted molar refractivity (Wildman–Crippen MR) is 45.0 cm³/mol. The van der Waals surface area contributed by atoms with Crippen molar-refractivity contribution in [3.63, 3.8) is 0 Å². The highest BCUT2D eigenvalue weighted by molar-refractivity contribution is 5.54. The quantitative estimate of drug-likeness (QED) is 0.591. The van der Waals surface area contributed by atoms with E-state index in [1.807, 2.05) is 0 Å². The topological polar surface area (TPSA) is 106 Å². The summed E-state index contributed by atoms with van der Waals surface area (Å²) in [5.74, 6) is -1.37. The maximum atomic E-state index is 12.4. The van der Waals surface area contributed by atoms with Crippen molar-refractivity contribution in [2.75, 3.05) is 5.73 Å². The molecule has 8 heteroatoms. The molecular formula is C7H4F2N4O2. The maximum absolute atomic E-state index is 12.4. The van der Waals surface area contributed by atoms with E-state index in [2.05, 4.69) is 4.98 Å². The van der Waals surface area contributed by atoms with Gasteiger partial charge in [0, 0.05) is 6.07 Å². The first-order valence-corrected chi connectivity index (χ1v) is 3.60. The highest BCUT2D eigenvalue weighted by Gasteiger charge is 2.26. The van der Waals surface area contributed by atoms with Gasteiger partial charge in [0.05, 0.1) is 5.56 Å². The van der Waals surface area contributed by atoms with Gasteiger partial charge in [-0.3, -0.25) is 0 Å². The van der Waals surface area contributed by atoms with Crippen LogP contribution in [0.25, 0.3) is 0 Å². The van der Waals surface area contributed by atoms with Gasteiger partial charge in [0.1, 0.15) is 6.07 Å². The van der Waals surface area contributed by atoms with E-state index in [-0.39, 0.29) is 0 Å². The van der Waals surface area contributed by atoms with Gasteiger partial charge in [0.2, 0.25) is 5.82 Å². The van der Waals surface area contributed by atoms with Crippen molar-refractivity contribution in [1.29, 1.82) is 5.26 Å². The molecule has 0 saturated heterocycles. The third kappa shape index (κ3) is 1.96. The summed E-state index contributed by atoms with van der Waals surface area (Å²) in [4.78, 5) is 12.6. The standard InChI is InChI=1S/C7H4F2N4O2/c8-6(9)3-1-5(11)12-7(13(14)15)4(3)2-10/h1,6H,(H2,11,12). The van der Waals surface area contributed by atoms with Crippen LogP contribution in [0.1, 0.15) is 17.6 Å².